The quantitative estimate of drug-likeness (QED) is 0.0901. The Morgan fingerprint density at radius 2 is 1.21 bits per heavy atom. The number of nitrogen functional groups attached to an aromatic ring is 1. The number of methoxy groups -OCH3 is 2. The van der Waals surface area contributed by atoms with Crippen molar-refractivity contribution in [3.05, 3.63) is 137 Å². The van der Waals surface area contributed by atoms with Crippen molar-refractivity contribution in [2.45, 2.75) is 70.8 Å². The molecule has 14 heteroatoms. The maximum absolute atomic E-state index is 13.7. The molecule has 346 valence electrons. The first kappa shape index (κ1) is 50.3. The predicted octanol–water partition coefficient (Wildman–Crippen LogP) is 10.3. The number of amides is 2. The van der Waals surface area contributed by atoms with Crippen LogP contribution in [0.15, 0.2) is 120 Å². The minimum Gasteiger partial charge on any atom is -0.466 e. The molecule has 2 aliphatic rings. The molecule has 3 aromatic heterocycles. The molecule has 0 spiro atoms. The molecule has 2 aliphatic carbocycles. The van der Waals surface area contributed by atoms with Crippen molar-refractivity contribution >= 4 is 75.0 Å². The van der Waals surface area contributed by atoms with Gasteiger partial charge in [-0.15, -0.1) is 0 Å². The van der Waals surface area contributed by atoms with Crippen molar-refractivity contribution in [1.29, 1.82) is 0 Å². The minimum absolute atomic E-state index is 0.0132. The van der Waals surface area contributed by atoms with Gasteiger partial charge in [0.1, 0.15) is 17.5 Å². The topological polar surface area (TPSA) is 170 Å². The van der Waals surface area contributed by atoms with Crippen LogP contribution in [-0.2, 0) is 35.2 Å². The number of anilines is 4. The summed E-state index contributed by atoms with van der Waals surface area (Å²) in [5.74, 6) is 1.06. The highest BCUT2D eigenvalue weighted by molar-refractivity contribution is 9.10. The number of hydrogen-bond acceptors (Lipinski definition) is 11. The van der Waals surface area contributed by atoms with Crippen molar-refractivity contribution in [2.75, 3.05) is 49.2 Å². The average Bonchev–Trinajstić information content (AvgIpc) is 3.35. The minimum atomic E-state index is -0.426. The lowest BCUT2D eigenvalue weighted by molar-refractivity contribution is -0.135. The van der Waals surface area contributed by atoms with Crippen molar-refractivity contribution in [1.82, 2.24) is 15.0 Å². The second-order valence-electron chi connectivity index (χ2n) is 16.3. The molecular formula is C52H60BrN7O6. The van der Waals surface area contributed by atoms with Gasteiger partial charge in [-0.3, -0.25) is 14.5 Å². The normalized spacial score (nSPS) is 14.0. The summed E-state index contributed by atoms with van der Waals surface area (Å²) in [4.78, 5) is 64.8. The van der Waals surface area contributed by atoms with Gasteiger partial charge in [0.05, 0.1) is 20.8 Å². The highest BCUT2D eigenvalue weighted by Crippen LogP contribution is 2.30. The van der Waals surface area contributed by atoms with E-state index in [1.807, 2.05) is 32.3 Å². The molecule has 0 bridgehead atoms. The van der Waals surface area contributed by atoms with Crippen molar-refractivity contribution in [3.63, 3.8) is 0 Å². The average molecular weight is 959 g/mol. The van der Waals surface area contributed by atoms with Crippen LogP contribution in [0.2, 0.25) is 0 Å². The Morgan fingerprint density at radius 3 is 1.74 bits per heavy atom. The zero-order valence-corrected chi connectivity index (χ0v) is 39.8. The number of pyridine rings is 3. The number of carbonyl (C=O) groups excluding carboxylic acids is 4. The third-order valence-corrected chi connectivity index (χ3v) is 11.8. The molecule has 0 saturated heterocycles. The Hall–Kier alpha value is -6.67. The van der Waals surface area contributed by atoms with Crippen LogP contribution in [0.3, 0.4) is 0 Å². The monoisotopic (exact) mass is 957 g/mol. The summed E-state index contributed by atoms with van der Waals surface area (Å²) < 4.78 is 10.2. The molecule has 2 fully saturated rings. The molecule has 7 rings (SSSR count). The Balaban J connectivity index is 0.000000234. The highest BCUT2D eigenvalue weighted by atomic mass is 79.9. The predicted molar refractivity (Wildman–Crippen MR) is 266 cm³/mol. The zero-order valence-electron chi connectivity index (χ0n) is 38.2. The fourth-order valence-corrected chi connectivity index (χ4v) is 7.91. The number of carbonyl (C=O) groups is 4. The van der Waals surface area contributed by atoms with Gasteiger partial charge in [0.15, 0.2) is 0 Å². The number of benzene rings is 2. The summed E-state index contributed by atoms with van der Waals surface area (Å²) >= 11 is 3.24. The number of ether oxygens (including phenoxy) is 2. The number of nitrogens with one attached hydrogen (secondary N) is 1. The standard InChI is InChI=1S/C31H35N3O3.C16H20N2O3.C5H5BrN2/c1-33(2)28-16-14-26(15-17-28)25-12-9-24(10-13-25)22-34(31(36)27-7-5-4-6-8-27)29-21-23(19-20-32-29)11-18-30(35)37-3;1-21-15(19)8-7-12-9-10-17-14(11-12)18-16(20)13-5-3-2-4-6-13;6-4-1-2-8-5(7)3-4/h9-21,27H,4-8,22H2,1-3H3;7-11,13H,2-6H2,1H3,(H,17,18,20);1-3H,(H2,7,8)/b18-11+;8-7+;. The summed E-state index contributed by atoms with van der Waals surface area (Å²) in [5, 5.41) is 2.85. The first-order valence-electron chi connectivity index (χ1n) is 22.2. The third-order valence-electron chi connectivity index (χ3n) is 11.3. The van der Waals surface area contributed by atoms with Crippen LogP contribution in [0.5, 0.6) is 0 Å². The maximum Gasteiger partial charge on any atom is 0.330 e. The van der Waals surface area contributed by atoms with Crippen LogP contribution in [0.25, 0.3) is 23.3 Å². The molecule has 2 amide bonds. The van der Waals surface area contributed by atoms with E-state index in [1.165, 1.54) is 39.2 Å². The van der Waals surface area contributed by atoms with Gasteiger partial charge in [-0.1, -0.05) is 90.9 Å². The van der Waals surface area contributed by atoms with E-state index in [4.69, 9.17) is 10.5 Å². The van der Waals surface area contributed by atoms with E-state index in [0.717, 1.165) is 89.3 Å². The number of esters is 2. The van der Waals surface area contributed by atoms with Crippen LogP contribution >= 0.6 is 15.9 Å². The lowest BCUT2D eigenvalue weighted by atomic mass is 9.88. The van der Waals surface area contributed by atoms with Crippen molar-refractivity contribution in [3.8, 4) is 11.1 Å². The molecule has 0 radical (unpaired) electrons. The molecule has 13 nitrogen and oxygen atoms in total. The molecule has 3 N–H and O–H groups in total. The van der Waals surface area contributed by atoms with Gasteiger partial charge in [0, 0.05) is 66.8 Å². The Morgan fingerprint density at radius 1 is 0.682 bits per heavy atom. The third kappa shape index (κ3) is 16.4. The van der Waals surface area contributed by atoms with Gasteiger partial charge in [-0.05, 0) is 114 Å². The largest absolute Gasteiger partial charge is 0.466 e. The van der Waals surface area contributed by atoms with Crippen LogP contribution in [0, 0.1) is 11.8 Å². The summed E-state index contributed by atoms with van der Waals surface area (Å²) in [6, 6.07) is 27.6. The van der Waals surface area contributed by atoms with Gasteiger partial charge < -0.3 is 25.4 Å². The van der Waals surface area contributed by atoms with E-state index >= 15 is 0 Å². The van der Waals surface area contributed by atoms with E-state index in [0.29, 0.717) is 24.0 Å². The van der Waals surface area contributed by atoms with E-state index in [-0.39, 0.29) is 23.7 Å². The van der Waals surface area contributed by atoms with Crippen LogP contribution < -0.4 is 20.9 Å². The van der Waals surface area contributed by atoms with Gasteiger partial charge >= 0.3 is 11.9 Å². The van der Waals surface area contributed by atoms with E-state index in [1.54, 1.807) is 53.8 Å². The maximum atomic E-state index is 13.7. The second kappa shape index (κ2) is 26.3. The summed E-state index contributed by atoms with van der Waals surface area (Å²) in [5.41, 5.74) is 11.4. The lowest BCUT2D eigenvalue weighted by Gasteiger charge is -2.29. The SMILES string of the molecule is COC(=O)/C=C/c1ccnc(N(Cc2ccc(-c3ccc(N(C)C)cc3)cc2)C(=O)C2CCCCC2)c1.COC(=O)/C=C/c1ccnc(NC(=O)C2CCCCC2)c1.Nc1cc(Br)ccn1. The molecular weight excluding hydrogens is 899 g/mol. The van der Waals surface area contributed by atoms with E-state index in [9.17, 15) is 19.2 Å². The van der Waals surface area contributed by atoms with Gasteiger partial charge in [0.2, 0.25) is 11.8 Å². The number of rotatable bonds is 12. The number of nitrogens with zero attached hydrogens (tertiary/aromatic N) is 5. The van der Waals surface area contributed by atoms with Crippen LogP contribution in [0.1, 0.15) is 80.9 Å². The summed E-state index contributed by atoms with van der Waals surface area (Å²) in [7, 11) is 6.74. The zero-order chi connectivity index (χ0) is 47.3. The molecule has 2 saturated carbocycles. The van der Waals surface area contributed by atoms with E-state index in [2.05, 4.69) is 94.4 Å². The summed E-state index contributed by atoms with van der Waals surface area (Å²) in [6.07, 6.45) is 21.5. The first-order chi connectivity index (χ1) is 31.9. The Kier molecular flexibility index (Phi) is 20.1. The van der Waals surface area contributed by atoms with Gasteiger partial charge in [-0.25, -0.2) is 24.5 Å². The smallest absolute Gasteiger partial charge is 0.330 e. The number of nitrogens with two attached hydrogens (primary N) is 1. The van der Waals surface area contributed by atoms with Crippen LogP contribution in [0.4, 0.5) is 23.1 Å². The van der Waals surface area contributed by atoms with Gasteiger partial charge in [0.25, 0.3) is 0 Å². The second-order valence-corrected chi connectivity index (χ2v) is 17.2. The fourth-order valence-electron chi connectivity index (χ4n) is 7.56. The highest BCUT2D eigenvalue weighted by Gasteiger charge is 2.28. The molecule has 2 aromatic carbocycles. The number of aromatic nitrogens is 3. The number of hydrogen-bond donors (Lipinski definition) is 2. The molecule has 0 aliphatic heterocycles. The van der Waals surface area contributed by atoms with Crippen molar-refractivity contribution < 1.29 is 28.7 Å². The molecule has 66 heavy (non-hydrogen) atoms. The molecule has 3 heterocycles. The van der Waals surface area contributed by atoms with Crippen LogP contribution in [-0.4, -0.2) is 67.0 Å². The molecule has 5 aromatic rings. The molecule has 0 unspecified atom stereocenters. The van der Waals surface area contributed by atoms with Gasteiger partial charge in [-0.2, -0.15) is 0 Å². The summed E-state index contributed by atoms with van der Waals surface area (Å²) in [6.45, 7) is 0.437. The van der Waals surface area contributed by atoms with Crippen molar-refractivity contribution in [2.24, 2.45) is 11.8 Å². The Bertz CT molecular complexity index is 2390. The molecule has 0 atom stereocenters. The first-order valence-corrected chi connectivity index (χ1v) is 23.0. The Labute approximate surface area is 396 Å². The number of halogens is 1. The van der Waals surface area contributed by atoms with E-state index < -0.39 is 11.9 Å². The fraction of sp³-hybridized carbons (Fsp3) is 0.327. The lowest BCUT2D eigenvalue weighted by Crippen LogP contribution is -2.37.